The fraction of sp³-hybridized carbons (Fsp3) is 0.111. The number of aromatic nitrogens is 5. The van der Waals surface area contributed by atoms with Crippen molar-refractivity contribution in [2.24, 2.45) is 0 Å². The van der Waals surface area contributed by atoms with Gasteiger partial charge >= 0.3 is 0 Å². The third-order valence-corrected chi connectivity index (χ3v) is 4.53. The van der Waals surface area contributed by atoms with Crippen molar-refractivity contribution in [1.82, 2.24) is 24.4 Å². The summed E-state index contributed by atoms with van der Waals surface area (Å²) in [4.78, 5) is 16.6. The number of nitrogens with one attached hydrogen (secondary N) is 1. The van der Waals surface area contributed by atoms with Gasteiger partial charge in [0.2, 0.25) is 5.91 Å². The van der Waals surface area contributed by atoms with E-state index in [9.17, 15) is 4.79 Å². The van der Waals surface area contributed by atoms with Crippen LogP contribution >= 0.6 is 0 Å². The summed E-state index contributed by atoms with van der Waals surface area (Å²) < 4.78 is 3.48. The number of amides is 1. The molecule has 1 amide bonds. The smallest absolute Gasteiger partial charge is 0.226 e. The lowest BCUT2D eigenvalue weighted by Gasteiger charge is -2.23. The number of nitrogens with zero attached hydrogens (tertiary/aromatic N) is 5. The highest BCUT2D eigenvalue weighted by Gasteiger charge is 2.30. The molecule has 3 aromatic heterocycles. The van der Waals surface area contributed by atoms with Gasteiger partial charge in [-0.2, -0.15) is 10.2 Å². The summed E-state index contributed by atoms with van der Waals surface area (Å²) in [5.41, 5.74) is 3.72. The van der Waals surface area contributed by atoms with E-state index < -0.39 is 0 Å². The van der Waals surface area contributed by atoms with Crippen molar-refractivity contribution >= 4 is 17.4 Å². The van der Waals surface area contributed by atoms with Crippen LogP contribution in [-0.2, 0) is 4.79 Å². The van der Waals surface area contributed by atoms with Crippen LogP contribution in [0.15, 0.2) is 61.2 Å². The summed E-state index contributed by atoms with van der Waals surface area (Å²) in [6.45, 7) is 0. The van der Waals surface area contributed by atoms with Crippen LogP contribution in [0.2, 0.25) is 0 Å². The number of rotatable bonds is 2. The van der Waals surface area contributed by atoms with Crippen LogP contribution in [0.1, 0.15) is 23.5 Å². The van der Waals surface area contributed by atoms with Crippen LogP contribution in [-0.4, -0.2) is 30.3 Å². The molecule has 25 heavy (non-hydrogen) atoms. The van der Waals surface area contributed by atoms with Gasteiger partial charge in [-0.1, -0.05) is 18.2 Å². The SMILES string of the molecule is O=C1CC(c2ccn3ncnc3c2)c2cnn(-c3ccccc3)c2N1. The Morgan fingerprint density at radius 3 is 2.88 bits per heavy atom. The van der Waals surface area contributed by atoms with E-state index in [2.05, 4.69) is 20.5 Å². The fourth-order valence-electron chi connectivity index (χ4n) is 3.33. The molecule has 1 N–H and O–H groups in total. The maximum Gasteiger partial charge on any atom is 0.226 e. The van der Waals surface area contributed by atoms with Gasteiger partial charge in [-0.3, -0.25) is 4.79 Å². The van der Waals surface area contributed by atoms with Crippen molar-refractivity contribution in [1.29, 1.82) is 0 Å². The molecule has 7 nitrogen and oxygen atoms in total. The van der Waals surface area contributed by atoms with Gasteiger partial charge in [-0.05, 0) is 29.8 Å². The molecule has 7 heteroatoms. The molecule has 5 rings (SSSR count). The Labute approximate surface area is 142 Å². The number of fused-ring (bicyclic) bond motifs is 2. The first-order chi connectivity index (χ1) is 12.3. The minimum atomic E-state index is -0.0529. The molecule has 0 saturated heterocycles. The third-order valence-electron chi connectivity index (χ3n) is 4.53. The van der Waals surface area contributed by atoms with E-state index in [0.717, 1.165) is 28.3 Å². The first kappa shape index (κ1) is 13.9. The number of benzene rings is 1. The lowest BCUT2D eigenvalue weighted by molar-refractivity contribution is -0.116. The van der Waals surface area contributed by atoms with Crippen LogP contribution in [0.4, 0.5) is 5.82 Å². The molecule has 0 aliphatic carbocycles. The number of hydrogen-bond acceptors (Lipinski definition) is 4. The van der Waals surface area contributed by atoms with Crippen LogP contribution in [0.3, 0.4) is 0 Å². The molecular weight excluding hydrogens is 316 g/mol. The average Bonchev–Trinajstić information content (AvgIpc) is 3.27. The molecule has 122 valence electrons. The van der Waals surface area contributed by atoms with Crippen LogP contribution < -0.4 is 5.32 Å². The quantitative estimate of drug-likeness (QED) is 0.612. The standard InChI is InChI=1S/C18H14N6O/c25-17-9-14(12-6-7-23-16(8-12)19-11-21-23)15-10-20-24(18(15)22-17)13-4-2-1-3-5-13/h1-8,10-11,14H,9H2,(H,22,25). The monoisotopic (exact) mass is 330 g/mol. The van der Waals surface area contributed by atoms with E-state index in [1.165, 1.54) is 6.33 Å². The van der Waals surface area contributed by atoms with Gasteiger partial charge in [-0.25, -0.2) is 14.2 Å². The fourth-order valence-corrected chi connectivity index (χ4v) is 3.33. The zero-order valence-corrected chi connectivity index (χ0v) is 13.2. The molecule has 1 aliphatic heterocycles. The summed E-state index contributed by atoms with van der Waals surface area (Å²) in [7, 11) is 0. The summed E-state index contributed by atoms with van der Waals surface area (Å²) in [6, 6.07) is 13.7. The Balaban J connectivity index is 1.64. The summed E-state index contributed by atoms with van der Waals surface area (Å²) in [5.74, 6) is 0.660. The predicted octanol–water partition coefficient (Wildman–Crippen LogP) is 2.39. The van der Waals surface area contributed by atoms with Gasteiger partial charge in [0.25, 0.3) is 0 Å². The van der Waals surface area contributed by atoms with Gasteiger partial charge in [0, 0.05) is 24.1 Å². The molecule has 1 aromatic carbocycles. The average molecular weight is 330 g/mol. The van der Waals surface area contributed by atoms with Gasteiger partial charge in [-0.15, -0.1) is 0 Å². The van der Waals surface area contributed by atoms with E-state index >= 15 is 0 Å². The maximum absolute atomic E-state index is 12.3. The van der Waals surface area contributed by atoms with Crippen LogP contribution in [0.5, 0.6) is 0 Å². The zero-order chi connectivity index (χ0) is 16.8. The minimum Gasteiger partial charge on any atom is -0.310 e. The predicted molar refractivity (Wildman–Crippen MR) is 91.6 cm³/mol. The van der Waals surface area contributed by atoms with Crippen LogP contribution in [0.25, 0.3) is 11.3 Å². The van der Waals surface area contributed by atoms with Gasteiger partial charge in [0.05, 0.1) is 11.9 Å². The second kappa shape index (κ2) is 5.27. The van der Waals surface area contributed by atoms with Gasteiger partial charge in [0.1, 0.15) is 12.1 Å². The van der Waals surface area contributed by atoms with E-state index in [1.54, 1.807) is 9.20 Å². The Morgan fingerprint density at radius 2 is 2.00 bits per heavy atom. The lowest BCUT2D eigenvalue weighted by atomic mass is 9.88. The molecule has 1 aliphatic rings. The van der Waals surface area contributed by atoms with Crippen molar-refractivity contribution in [2.45, 2.75) is 12.3 Å². The second-order valence-electron chi connectivity index (χ2n) is 6.02. The van der Waals surface area contributed by atoms with Crippen LogP contribution in [0, 0.1) is 0 Å². The molecule has 4 aromatic rings. The largest absolute Gasteiger partial charge is 0.310 e. The molecule has 0 saturated carbocycles. The Kier molecular flexibility index (Phi) is 2.93. The second-order valence-corrected chi connectivity index (χ2v) is 6.02. The van der Waals surface area contributed by atoms with Crippen molar-refractivity contribution in [3.63, 3.8) is 0 Å². The molecular formula is C18H14N6O. The van der Waals surface area contributed by atoms with Crippen molar-refractivity contribution in [3.05, 3.63) is 72.3 Å². The summed E-state index contributed by atoms with van der Waals surface area (Å²) in [6.07, 6.45) is 5.61. The van der Waals surface area contributed by atoms with E-state index in [4.69, 9.17) is 0 Å². The number of hydrogen-bond donors (Lipinski definition) is 1. The molecule has 1 atom stereocenters. The number of pyridine rings is 1. The Bertz CT molecular complexity index is 1080. The van der Waals surface area contributed by atoms with E-state index in [-0.39, 0.29) is 11.8 Å². The third kappa shape index (κ3) is 2.20. The molecule has 0 fully saturated rings. The molecule has 1 unspecified atom stereocenters. The number of carbonyl (C=O) groups is 1. The Morgan fingerprint density at radius 1 is 1.12 bits per heavy atom. The Hall–Kier alpha value is -3.48. The normalized spacial score (nSPS) is 16.6. The molecule has 0 spiro atoms. The highest BCUT2D eigenvalue weighted by Crippen LogP contribution is 2.38. The number of para-hydroxylation sites is 1. The first-order valence-electron chi connectivity index (χ1n) is 8.02. The molecule has 4 heterocycles. The van der Waals surface area contributed by atoms with Crippen molar-refractivity contribution in [2.75, 3.05) is 5.32 Å². The molecule has 0 bridgehead atoms. The number of carbonyl (C=O) groups excluding carboxylic acids is 1. The van der Waals surface area contributed by atoms with Gasteiger partial charge < -0.3 is 5.32 Å². The zero-order valence-electron chi connectivity index (χ0n) is 13.2. The van der Waals surface area contributed by atoms with E-state index in [1.807, 2.05) is 54.9 Å². The topological polar surface area (TPSA) is 77.1 Å². The highest BCUT2D eigenvalue weighted by atomic mass is 16.1. The minimum absolute atomic E-state index is 0.0171. The summed E-state index contributed by atoms with van der Waals surface area (Å²) >= 11 is 0. The maximum atomic E-state index is 12.3. The lowest BCUT2D eigenvalue weighted by Crippen LogP contribution is -2.24. The van der Waals surface area contributed by atoms with E-state index in [0.29, 0.717) is 6.42 Å². The molecule has 0 radical (unpaired) electrons. The van der Waals surface area contributed by atoms with Crippen molar-refractivity contribution < 1.29 is 4.79 Å². The number of anilines is 1. The summed E-state index contributed by atoms with van der Waals surface area (Å²) in [5, 5.41) is 11.6. The first-order valence-corrected chi connectivity index (χ1v) is 8.02. The van der Waals surface area contributed by atoms with Gasteiger partial charge in [0.15, 0.2) is 5.65 Å². The highest BCUT2D eigenvalue weighted by molar-refractivity contribution is 5.94. The van der Waals surface area contributed by atoms with Crippen molar-refractivity contribution in [3.8, 4) is 5.69 Å².